The summed E-state index contributed by atoms with van der Waals surface area (Å²) >= 11 is 24.5. The number of nitrogens with zero attached hydrogens (tertiary/aromatic N) is 3. The van der Waals surface area contributed by atoms with Gasteiger partial charge < -0.3 is 14.5 Å². The van der Waals surface area contributed by atoms with Gasteiger partial charge in [-0.2, -0.15) is 0 Å². The second kappa shape index (κ2) is 11.2. The summed E-state index contributed by atoms with van der Waals surface area (Å²) in [5, 5.41) is 10.2. The lowest BCUT2D eigenvalue weighted by atomic mass is 10.1. The Morgan fingerprint density at radius 1 is 1.07 bits per heavy atom. The van der Waals surface area contributed by atoms with E-state index in [2.05, 4.69) is 4.98 Å². The molecular formula is C18H15Cl4N3O3. The number of ether oxygens (including phenoxy) is 1. The van der Waals surface area contributed by atoms with Gasteiger partial charge in [-0.3, -0.25) is 0 Å². The van der Waals surface area contributed by atoms with Gasteiger partial charge in [-0.1, -0.05) is 58.5 Å². The zero-order valence-electron chi connectivity index (χ0n) is 14.3. The van der Waals surface area contributed by atoms with Gasteiger partial charge in [0.25, 0.3) is 0 Å². The van der Waals surface area contributed by atoms with E-state index in [1.54, 1.807) is 36.8 Å². The van der Waals surface area contributed by atoms with Gasteiger partial charge in [0, 0.05) is 38.0 Å². The maximum atomic E-state index is 8.11. The smallest absolute Gasteiger partial charge is 0.152 e. The van der Waals surface area contributed by atoms with Crippen LogP contribution in [0.3, 0.4) is 0 Å². The number of hydrogen-bond donors (Lipinski definition) is 1. The molecular weight excluding hydrogens is 448 g/mol. The molecule has 148 valence electrons. The van der Waals surface area contributed by atoms with E-state index in [0.29, 0.717) is 33.2 Å². The third-order valence-corrected chi connectivity index (χ3v) is 4.85. The van der Waals surface area contributed by atoms with E-state index in [1.807, 2.05) is 22.9 Å². The Bertz CT molecular complexity index is 907. The van der Waals surface area contributed by atoms with Crippen LogP contribution in [0.5, 0.6) is 0 Å². The van der Waals surface area contributed by atoms with Crippen LogP contribution in [0.25, 0.3) is 0 Å². The van der Waals surface area contributed by atoms with Crippen LogP contribution >= 0.6 is 46.4 Å². The van der Waals surface area contributed by atoms with Gasteiger partial charge in [0.15, 0.2) is 5.34 Å². The first-order valence-corrected chi connectivity index (χ1v) is 9.38. The van der Waals surface area contributed by atoms with Gasteiger partial charge in [-0.25, -0.2) is 4.98 Å². The monoisotopic (exact) mass is 461 g/mol. The van der Waals surface area contributed by atoms with Gasteiger partial charge in [0.2, 0.25) is 0 Å². The lowest BCUT2D eigenvalue weighted by molar-refractivity contribution is 0.0281. The molecule has 0 saturated heterocycles. The van der Waals surface area contributed by atoms with Crippen molar-refractivity contribution in [1.29, 1.82) is 0 Å². The van der Waals surface area contributed by atoms with Crippen molar-refractivity contribution < 1.29 is 9.94 Å². The Morgan fingerprint density at radius 2 is 1.71 bits per heavy atom. The summed E-state index contributed by atoms with van der Waals surface area (Å²) < 4.78 is 8.05. The van der Waals surface area contributed by atoms with Crippen molar-refractivity contribution in [2.24, 2.45) is 5.34 Å². The molecule has 1 aromatic heterocycles. The third-order valence-electron chi connectivity index (χ3n) is 3.70. The molecule has 10 heteroatoms. The minimum absolute atomic E-state index is 0.286. The molecule has 1 atom stereocenters. The predicted octanol–water partition coefficient (Wildman–Crippen LogP) is 6.60. The van der Waals surface area contributed by atoms with Crippen molar-refractivity contribution in [3.8, 4) is 0 Å². The van der Waals surface area contributed by atoms with Gasteiger partial charge in [-0.05, 0) is 29.8 Å². The molecule has 0 radical (unpaired) electrons. The Balaban J connectivity index is 0.000000878. The minimum Gasteiger partial charge on any atom is -0.379 e. The summed E-state index contributed by atoms with van der Waals surface area (Å²) in [6, 6.07) is 10.7. The molecule has 0 spiro atoms. The number of rotatable bonds is 6. The average molecular weight is 463 g/mol. The lowest BCUT2D eigenvalue weighted by Crippen LogP contribution is -2.12. The number of benzene rings is 2. The fraction of sp³-hybridized carbons (Fsp3) is 0.167. The molecule has 1 unspecified atom stereocenters. The molecule has 2 aromatic carbocycles. The fourth-order valence-corrected chi connectivity index (χ4v) is 3.41. The second-order valence-electron chi connectivity index (χ2n) is 5.54. The minimum atomic E-state index is -0.286. The first kappa shape index (κ1) is 22.5. The summed E-state index contributed by atoms with van der Waals surface area (Å²) in [4.78, 5) is 12.2. The molecule has 3 rings (SSSR count). The van der Waals surface area contributed by atoms with Crippen LogP contribution in [0.2, 0.25) is 20.1 Å². The maximum Gasteiger partial charge on any atom is 0.152 e. The van der Waals surface area contributed by atoms with Gasteiger partial charge in [-0.15, -0.1) is 4.91 Å². The molecule has 0 aliphatic heterocycles. The van der Waals surface area contributed by atoms with Crippen molar-refractivity contribution in [1.82, 2.24) is 9.55 Å². The van der Waals surface area contributed by atoms with E-state index in [-0.39, 0.29) is 6.10 Å². The zero-order valence-corrected chi connectivity index (χ0v) is 17.3. The summed E-state index contributed by atoms with van der Waals surface area (Å²) in [5.41, 5.74) is 1.71. The molecule has 1 N–H and O–H groups in total. The average Bonchev–Trinajstić information content (AvgIpc) is 3.14. The highest BCUT2D eigenvalue weighted by Gasteiger charge is 2.17. The summed E-state index contributed by atoms with van der Waals surface area (Å²) in [6.07, 6.45) is 5.03. The van der Waals surface area contributed by atoms with Crippen molar-refractivity contribution in [3.05, 3.63) is 91.2 Å². The Kier molecular flexibility index (Phi) is 9.02. The number of imidazole rings is 1. The lowest BCUT2D eigenvalue weighted by Gasteiger charge is -2.21. The molecule has 28 heavy (non-hydrogen) atoms. The van der Waals surface area contributed by atoms with E-state index in [0.717, 1.165) is 11.1 Å². The molecule has 0 aliphatic carbocycles. The summed E-state index contributed by atoms with van der Waals surface area (Å²) in [6.45, 7) is 0.890. The van der Waals surface area contributed by atoms with Gasteiger partial charge in [0.1, 0.15) is 6.10 Å². The third kappa shape index (κ3) is 6.65. The van der Waals surface area contributed by atoms with E-state index < -0.39 is 0 Å². The van der Waals surface area contributed by atoms with E-state index >= 15 is 0 Å². The molecule has 3 aromatic rings. The first-order valence-electron chi connectivity index (χ1n) is 7.87. The van der Waals surface area contributed by atoms with E-state index in [1.165, 1.54) is 5.34 Å². The van der Waals surface area contributed by atoms with Crippen molar-refractivity contribution in [2.45, 2.75) is 19.3 Å². The number of halogens is 4. The van der Waals surface area contributed by atoms with Crippen molar-refractivity contribution in [3.63, 3.8) is 0 Å². The molecule has 0 saturated carbocycles. The van der Waals surface area contributed by atoms with Crippen LogP contribution < -0.4 is 0 Å². The van der Waals surface area contributed by atoms with Crippen LogP contribution in [0.15, 0.2) is 60.5 Å². The highest BCUT2D eigenvalue weighted by Crippen LogP contribution is 2.31. The Labute approximate surface area is 181 Å². The largest absolute Gasteiger partial charge is 0.379 e. The van der Waals surface area contributed by atoms with Crippen molar-refractivity contribution >= 4 is 46.4 Å². The normalized spacial score (nSPS) is 11.4. The maximum absolute atomic E-state index is 8.11. The molecule has 0 bridgehead atoms. The van der Waals surface area contributed by atoms with Gasteiger partial charge >= 0.3 is 0 Å². The fourth-order valence-electron chi connectivity index (χ4n) is 2.42. The Hall–Kier alpha value is -1.83. The van der Waals surface area contributed by atoms with Crippen LogP contribution in [0.1, 0.15) is 17.2 Å². The second-order valence-corrected chi connectivity index (χ2v) is 7.23. The SMILES string of the molecule is Clc1ccc(COC(Cn2ccnc2)c2ccc(Cl)cc2Cl)c(Cl)c1.O=NO. The highest BCUT2D eigenvalue weighted by molar-refractivity contribution is 6.35. The van der Waals surface area contributed by atoms with Crippen LogP contribution in [-0.4, -0.2) is 14.8 Å². The molecule has 6 nitrogen and oxygen atoms in total. The van der Waals surface area contributed by atoms with Crippen LogP contribution in [-0.2, 0) is 17.9 Å². The molecule has 1 heterocycles. The van der Waals surface area contributed by atoms with Crippen LogP contribution in [0, 0.1) is 4.91 Å². The number of aromatic nitrogens is 2. The number of hydrogen-bond acceptors (Lipinski definition) is 4. The highest BCUT2D eigenvalue weighted by atomic mass is 35.5. The topological polar surface area (TPSA) is 76.7 Å². The standard InChI is InChI=1S/C18H14Cl4N2O.HNO2/c19-13-2-1-12(16(21)7-13)10-25-18(9-24-6-5-23-11-24)15-4-3-14(20)8-17(15)22;2-1-3/h1-8,11,18H,9-10H2;(H,2,3). The summed E-state index contributed by atoms with van der Waals surface area (Å²) in [7, 11) is 0. The summed E-state index contributed by atoms with van der Waals surface area (Å²) in [5.74, 6) is 0. The molecule has 0 fully saturated rings. The zero-order chi connectivity index (χ0) is 20.5. The van der Waals surface area contributed by atoms with Crippen molar-refractivity contribution in [2.75, 3.05) is 0 Å². The van der Waals surface area contributed by atoms with E-state index in [9.17, 15) is 0 Å². The quantitative estimate of drug-likeness (QED) is 0.330. The molecule has 0 amide bonds. The first-order chi connectivity index (χ1) is 13.4. The Morgan fingerprint density at radius 3 is 2.29 bits per heavy atom. The van der Waals surface area contributed by atoms with Crippen LogP contribution in [0.4, 0.5) is 0 Å². The van der Waals surface area contributed by atoms with Gasteiger partial charge in [0.05, 0.1) is 19.5 Å². The predicted molar refractivity (Wildman–Crippen MR) is 110 cm³/mol. The molecule has 0 aliphatic rings. The van der Waals surface area contributed by atoms with E-state index in [4.69, 9.17) is 61.3 Å².